The van der Waals surface area contributed by atoms with E-state index in [9.17, 15) is 0 Å². The molecule has 1 heteroatoms. The smallest absolute Gasteiger partial charge is 0.0341 e. The summed E-state index contributed by atoms with van der Waals surface area (Å²) >= 11 is 0. The van der Waals surface area contributed by atoms with Crippen molar-refractivity contribution in [3.05, 3.63) is 47.2 Å². The van der Waals surface area contributed by atoms with Crippen LogP contribution in [0.25, 0.3) is 0 Å². The molecule has 1 atom stereocenters. The molecule has 0 spiro atoms. The van der Waals surface area contributed by atoms with Gasteiger partial charge >= 0.3 is 0 Å². The minimum absolute atomic E-state index is 0.546. The third-order valence-electron chi connectivity index (χ3n) is 3.37. The van der Waals surface area contributed by atoms with Gasteiger partial charge in [-0.15, -0.1) is 0 Å². The average Bonchev–Trinajstić information content (AvgIpc) is 2.71. The highest BCUT2D eigenvalue weighted by molar-refractivity contribution is 5.38. The first kappa shape index (κ1) is 15.8. The summed E-state index contributed by atoms with van der Waals surface area (Å²) in [4.78, 5) is 0. The van der Waals surface area contributed by atoms with E-state index in [0.717, 1.165) is 19.3 Å². The maximum Gasteiger partial charge on any atom is 0.0341 e. The van der Waals surface area contributed by atoms with Gasteiger partial charge in [0.15, 0.2) is 0 Å². The third-order valence-corrected chi connectivity index (χ3v) is 3.37. The Bertz CT molecular complexity index is 394. The van der Waals surface area contributed by atoms with Gasteiger partial charge in [-0.25, -0.2) is 0 Å². The van der Waals surface area contributed by atoms with Crippen molar-refractivity contribution in [3.63, 3.8) is 0 Å². The highest BCUT2D eigenvalue weighted by Crippen LogP contribution is 2.31. The molecule has 1 fully saturated rings. The normalized spacial score (nSPS) is 25.2. The van der Waals surface area contributed by atoms with Gasteiger partial charge in [0.25, 0.3) is 0 Å². The van der Waals surface area contributed by atoms with E-state index in [1.165, 1.54) is 16.8 Å². The summed E-state index contributed by atoms with van der Waals surface area (Å²) in [6, 6.07) is 0.546. The molecule has 0 saturated heterocycles. The van der Waals surface area contributed by atoms with E-state index in [1.54, 1.807) is 0 Å². The van der Waals surface area contributed by atoms with Gasteiger partial charge in [0.1, 0.15) is 0 Å². The van der Waals surface area contributed by atoms with Gasteiger partial charge in [0.05, 0.1) is 0 Å². The first-order valence-corrected chi connectivity index (χ1v) is 7.56. The van der Waals surface area contributed by atoms with E-state index >= 15 is 0 Å². The second-order valence-corrected chi connectivity index (χ2v) is 5.57. The van der Waals surface area contributed by atoms with Crippen LogP contribution in [-0.2, 0) is 0 Å². The number of rotatable bonds is 5. The third kappa shape index (κ3) is 5.10. The Morgan fingerprint density at radius 3 is 2.47 bits per heavy atom. The van der Waals surface area contributed by atoms with E-state index < -0.39 is 0 Å². The first-order chi connectivity index (χ1) is 9.10. The van der Waals surface area contributed by atoms with Crippen LogP contribution in [0.5, 0.6) is 0 Å². The molecule has 19 heavy (non-hydrogen) atoms. The fraction of sp³-hybridized carbons (Fsp3) is 0.556. The van der Waals surface area contributed by atoms with Gasteiger partial charge in [0.2, 0.25) is 0 Å². The van der Waals surface area contributed by atoms with E-state index in [1.807, 2.05) is 0 Å². The molecule has 1 rings (SSSR count). The van der Waals surface area contributed by atoms with Crippen molar-refractivity contribution in [1.29, 1.82) is 0 Å². The summed E-state index contributed by atoms with van der Waals surface area (Å²) in [5, 5.41) is 3.69. The molecule has 1 unspecified atom stereocenters. The quantitative estimate of drug-likeness (QED) is 0.674. The van der Waals surface area contributed by atoms with Crippen molar-refractivity contribution in [2.24, 2.45) is 5.92 Å². The zero-order valence-corrected chi connectivity index (χ0v) is 13.2. The summed E-state index contributed by atoms with van der Waals surface area (Å²) in [5.41, 5.74) is 4.31. The van der Waals surface area contributed by atoms with E-state index in [0.29, 0.717) is 12.0 Å². The number of hydrogen-bond acceptors (Lipinski definition) is 1. The largest absolute Gasteiger partial charge is 0.382 e. The molecule has 0 bridgehead atoms. The van der Waals surface area contributed by atoms with Gasteiger partial charge in [0, 0.05) is 11.7 Å². The van der Waals surface area contributed by atoms with Crippen molar-refractivity contribution >= 4 is 0 Å². The van der Waals surface area contributed by atoms with Crippen molar-refractivity contribution < 1.29 is 0 Å². The molecule has 0 radical (unpaired) electrons. The standard InChI is InChI=1S/C18H29N/c1-6-9-16-13-18(12-15(16)8-3)19-17(10-7-2)11-14(4)5/h7-11,14,18-19H,6,12-13H2,1-5H3/b10-7-,15-8-,16-9-,17-11+. The molecule has 1 nitrogen and oxygen atoms in total. The first-order valence-electron chi connectivity index (χ1n) is 7.56. The SMILES string of the molecule is C/C=C\C(=C/C(C)C)NC1CC(=C/C)/C(=C\CC)C1. The van der Waals surface area contributed by atoms with Crippen LogP contribution in [0.1, 0.15) is 53.9 Å². The molecular formula is C18H29N. The van der Waals surface area contributed by atoms with Gasteiger partial charge in [-0.3, -0.25) is 0 Å². The molecule has 1 N–H and O–H groups in total. The van der Waals surface area contributed by atoms with E-state index in [4.69, 9.17) is 0 Å². The Hall–Kier alpha value is -1.24. The minimum atomic E-state index is 0.546. The lowest BCUT2D eigenvalue weighted by Crippen LogP contribution is -2.25. The molecule has 106 valence electrons. The van der Waals surface area contributed by atoms with Crippen molar-refractivity contribution in [2.45, 2.75) is 59.9 Å². The van der Waals surface area contributed by atoms with Gasteiger partial charge in [-0.1, -0.05) is 45.1 Å². The maximum absolute atomic E-state index is 3.69. The Morgan fingerprint density at radius 2 is 1.95 bits per heavy atom. The minimum Gasteiger partial charge on any atom is -0.382 e. The molecule has 0 amide bonds. The molecule has 0 heterocycles. The summed E-state index contributed by atoms with van der Waals surface area (Å²) in [6.07, 6.45) is 14.7. The van der Waals surface area contributed by atoms with Gasteiger partial charge in [-0.2, -0.15) is 0 Å². The van der Waals surface area contributed by atoms with Crippen LogP contribution in [0.3, 0.4) is 0 Å². The Labute approximate surface area is 119 Å². The van der Waals surface area contributed by atoms with Crippen LogP contribution in [0.15, 0.2) is 47.2 Å². The summed E-state index contributed by atoms with van der Waals surface area (Å²) < 4.78 is 0. The second-order valence-electron chi connectivity index (χ2n) is 5.57. The van der Waals surface area contributed by atoms with Crippen molar-refractivity contribution in [3.8, 4) is 0 Å². The molecule has 0 aromatic heterocycles. The fourth-order valence-electron chi connectivity index (χ4n) is 2.66. The lowest BCUT2D eigenvalue weighted by molar-refractivity contribution is 0.607. The predicted molar refractivity (Wildman–Crippen MR) is 86.0 cm³/mol. The highest BCUT2D eigenvalue weighted by atomic mass is 14.9. The molecule has 0 aromatic carbocycles. The van der Waals surface area contributed by atoms with Crippen LogP contribution >= 0.6 is 0 Å². The number of allylic oxidation sites excluding steroid dienone is 5. The topological polar surface area (TPSA) is 12.0 Å². The van der Waals surface area contributed by atoms with Crippen LogP contribution < -0.4 is 5.32 Å². The summed E-state index contributed by atoms with van der Waals surface area (Å²) in [7, 11) is 0. The van der Waals surface area contributed by atoms with E-state index in [-0.39, 0.29) is 0 Å². The van der Waals surface area contributed by atoms with Crippen molar-refractivity contribution in [1.82, 2.24) is 5.32 Å². The lowest BCUT2D eigenvalue weighted by atomic mass is 10.1. The Balaban J connectivity index is 2.75. The van der Waals surface area contributed by atoms with Crippen LogP contribution in [-0.4, -0.2) is 6.04 Å². The summed E-state index contributed by atoms with van der Waals surface area (Å²) in [5.74, 6) is 0.576. The molecule has 1 aliphatic rings. The Morgan fingerprint density at radius 1 is 1.26 bits per heavy atom. The van der Waals surface area contributed by atoms with Crippen LogP contribution in [0, 0.1) is 5.92 Å². The fourth-order valence-corrected chi connectivity index (χ4v) is 2.66. The summed E-state index contributed by atoms with van der Waals surface area (Å²) in [6.45, 7) is 10.9. The van der Waals surface area contributed by atoms with Crippen LogP contribution in [0.2, 0.25) is 0 Å². The van der Waals surface area contributed by atoms with Crippen molar-refractivity contribution in [2.75, 3.05) is 0 Å². The average molecular weight is 259 g/mol. The lowest BCUT2D eigenvalue weighted by Gasteiger charge is -2.15. The van der Waals surface area contributed by atoms with Crippen LogP contribution in [0.4, 0.5) is 0 Å². The molecule has 0 aliphatic heterocycles. The number of nitrogens with one attached hydrogen (secondary N) is 1. The number of hydrogen-bond donors (Lipinski definition) is 1. The predicted octanol–water partition coefficient (Wildman–Crippen LogP) is 5.14. The second kappa shape index (κ2) is 8.04. The van der Waals surface area contributed by atoms with E-state index in [2.05, 4.69) is 70.3 Å². The van der Waals surface area contributed by atoms with Gasteiger partial charge < -0.3 is 5.32 Å². The highest BCUT2D eigenvalue weighted by Gasteiger charge is 2.23. The van der Waals surface area contributed by atoms with Gasteiger partial charge in [-0.05, 0) is 56.3 Å². The zero-order chi connectivity index (χ0) is 14.3. The molecule has 1 aliphatic carbocycles. The molecule has 1 saturated carbocycles. The molecule has 0 aromatic rings. The zero-order valence-electron chi connectivity index (χ0n) is 13.2. The Kier molecular flexibility index (Phi) is 6.69. The molecular weight excluding hydrogens is 230 g/mol. The monoisotopic (exact) mass is 259 g/mol. The maximum atomic E-state index is 3.69.